The molecule has 2 rings (SSSR count). The van der Waals surface area contributed by atoms with Crippen molar-refractivity contribution in [1.29, 1.82) is 0 Å². The van der Waals surface area contributed by atoms with Gasteiger partial charge in [0, 0.05) is 5.56 Å². The zero-order valence-corrected chi connectivity index (χ0v) is 11.0. The molecule has 1 heterocycles. The minimum Gasteiger partial charge on any atom is -0.267 e. The van der Waals surface area contributed by atoms with Gasteiger partial charge in [0.25, 0.3) is 5.91 Å². The van der Waals surface area contributed by atoms with Crippen LogP contribution in [0.1, 0.15) is 29.8 Å². The number of hydrogen-bond donors (Lipinski definition) is 0. The summed E-state index contributed by atoms with van der Waals surface area (Å²) in [5.74, 6) is -0.527. The van der Waals surface area contributed by atoms with E-state index < -0.39 is 20.5 Å². The van der Waals surface area contributed by atoms with Gasteiger partial charge in [0.2, 0.25) is 0 Å². The molecule has 0 fully saturated rings. The van der Waals surface area contributed by atoms with Crippen LogP contribution in [0, 0.1) is 0 Å². The van der Waals surface area contributed by atoms with Crippen LogP contribution < -0.4 is 0 Å². The van der Waals surface area contributed by atoms with E-state index in [0.717, 1.165) is 0 Å². The first-order valence-corrected chi connectivity index (χ1v) is 6.87. The third-order valence-corrected chi connectivity index (χ3v) is 5.50. The highest BCUT2D eigenvalue weighted by molar-refractivity contribution is 7.93. The van der Waals surface area contributed by atoms with E-state index in [2.05, 4.69) is 11.7 Å². The van der Waals surface area contributed by atoms with Gasteiger partial charge in [-0.25, -0.2) is 13.4 Å². The molecule has 18 heavy (non-hydrogen) atoms. The van der Waals surface area contributed by atoms with Gasteiger partial charge in [-0.2, -0.15) is 0 Å². The van der Waals surface area contributed by atoms with Crippen molar-refractivity contribution in [2.45, 2.75) is 23.5 Å². The zero-order chi connectivity index (χ0) is 13.6. The van der Waals surface area contributed by atoms with Gasteiger partial charge in [0.15, 0.2) is 9.84 Å². The molecule has 0 saturated heterocycles. The summed E-state index contributed by atoms with van der Waals surface area (Å²) in [6, 6.07) is 4.53. The molecule has 0 bridgehead atoms. The van der Waals surface area contributed by atoms with E-state index in [-0.39, 0.29) is 10.5 Å². The zero-order valence-electron chi connectivity index (χ0n) is 10.2. The van der Waals surface area contributed by atoms with Crippen LogP contribution in [0.15, 0.2) is 34.2 Å². The van der Waals surface area contributed by atoms with E-state index in [4.69, 9.17) is 0 Å². The van der Waals surface area contributed by atoms with Crippen molar-refractivity contribution in [3.05, 3.63) is 35.4 Å². The highest BCUT2D eigenvalue weighted by Gasteiger charge is 2.37. The lowest BCUT2D eigenvalue weighted by Crippen LogP contribution is -2.32. The summed E-state index contributed by atoms with van der Waals surface area (Å²) in [6.07, 6.45) is 3.41. The SMILES string of the molecule is C=NC(=O)c1ccc2c(c1)S(=O)(=O)C(C)(C)C=C2. The molecule has 0 atom stereocenters. The van der Waals surface area contributed by atoms with Gasteiger partial charge >= 0.3 is 0 Å². The standard InChI is InChI=1S/C13H13NO3S/c1-13(2)7-6-9-4-5-10(12(15)14-3)8-11(9)18(13,16)17/h4-8H,3H2,1-2H3. The number of aliphatic imine (C=N–C) groups is 1. The molecular weight excluding hydrogens is 250 g/mol. The molecule has 1 aromatic rings. The van der Waals surface area contributed by atoms with Gasteiger partial charge in [0.05, 0.1) is 9.64 Å². The number of benzene rings is 1. The van der Waals surface area contributed by atoms with Gasteiger partial charge in [-0.3, -0.25) is 4.79 Å². The summed E-state index contributed by atoms with van der Waals surface area (Å²) in [5, 5.41) is 0. The molecule has 0 aromatic heterocycles. The number of rotatable bonds is 1. The lowest BCUT2D eigenvalue weighted by atomic mass is 10.1. The summed E-state index contributed by atoms with van der Waals surface area (Å²) in [5.41, 5.74) is 0.827. The molecule has 0 N–H and O–H groups in total. The average Bonchev–Trinajstić information content (AvgIpc) is 2.33. The van der Waals surface area contributed by atoms with Crippen molar-refractivity contribution in [2.75, 3.05) is 0 Å². The molecule has 0 saturated carbocycles. The summed E-state index contributed by atoms with van der Waals surface area (Å²) < 4.78 is 23.8. The van der Waals surface area contributed by atoms with Crippen LogP contribution in [0.4, 0.5) is 0 Å². The van der Waals surface area contributed by atoms with Crippen molar-refractivity contribution in [3.63, 3.8) is 0 Å². The van der Waals surface area contributed by atoms with Crippen molar-refractivity contribution >= 4 is 28.5 Å². The first-order chi connectivity index (χ1) is 8.29. The van der Waals surface area contributed by atoms with E-state index in [1.807, 2.05) is 0 Å². The van der Waals surface area contributed by atoms with Crippen molar-refractivity contribution in [2.24, 2.45) is 4.99 Å². The Hall–Kier alpha value is -1.75. The predicted molar refractivity (Wildman–Crippen MR) is 70.6 cm³/mol. The third kappa shape index (κ3) is 1.71. The molecule has 0 radical (unpaired) electrons. The van der Waals surface area contributed by atoms with Gasteiger partial charge in [-0.15, -0.1) is 0 Å². The first kappa shape index (κ1) is 12.7. The molecule has 0 aliphatic carbocycles. The van der Waals surface area contributed by atoms with Gasteiger partial charge in [-0.05, 0) is 38.3 Å². The smallest absolute Gasteiger partial charge is 0.267 e. The van der Waals surface area contributed by atoms with E-state index in [1.165, 1.54) is 6.07 Å². The van der Waals surface area contributed by atoms with Gasteiger partial charge in [0.1, 0.15) is 0 Å². The number of carbonyl (C=O) groups is 1. The molecule has 1 aliphatic heterocycles. The maximum Gasteiger partial charge on any atom is 0.276 e. The normalized spacial score (nSPS) is 19.0. The van der Waals surface area contributed by atoms with E-state index >= 15 is 0 Å². The maximum absolute atomic E-state index is 12.4. The molecule has 4 nitrogen and oxygen atoms in total. The number of fused-ring (bicyclic) bond motifs is 1. The number of hydrogen-bond acceptors (Lipinski definition) is 3. The fourth-order valence-corrected chi connectivity index (χ4v) is 3.34. The molecular formula is C13H13NO3S. The lowest BCUT2D eigenvalue weighted by Gasteiger charge is -2.26. The van der Waals surface area contributed by atoms with E-state index in [1.54, 1.807) is 38.1 Å². The second kappa shape index (κ2) is 3.88. The number of carbonyl (C=O) groups excluding carboxylic acids is 1. The highest BCUT2D eigenvalue weighted by atomic mass is 32.2. The minimum atomic E-state index is -3.49. The number of sulfone groups is 1. The van der Waals surface area contributed by atoms with E-state index in [9.17, 15) is 13.2 Å². The van der Waals surface area contributed by atoms with Crippen molar-refractivity contribution < 1.29 is 13.2 Å². The Kier molecular flexibility index (Phi) is 2.74. The van der Waals surface area contributed by atoms with Gasteiger partial charge < -0.3 is 0 Å². The Labute approximate surface area is 106 Å². The Morgan fingerprint density at radius 3 is 2.61 bits per heavy atom. The van der Waals surface area contributed by atoms with Crippen LogP contribution in [0.5, 0.6) is 0 Å². The molecule has 1 amide bonds. The second-order valence-corrected chi connectivity index (χ2v) is 7.15. The topological polar surface area (TPSA) is 63.6 Å². The second-order valence-electron chi connectivity index (χ2n) is 4.66. The van der Waals surface area contributed by atoms with Crippen LogP contribution in [-0.4, -0.2) is 25.8 Å². The lowest BCUT2D eigenvalue weighted by molar-refractivity contribution is 0.100. The fraction of sp³-hybridized carbons (Fsp3) is 0.231. The molecule has 94 valence electrons. The van der Waals surface area contributed by atoms with Crippen LogP contribution in [0.3, 0.4) is 0 Å². The molecule has 0 unspecified atom stereocenters. The molecule has 1 aromatic carbocycles. The fourth-order valence-electron chi connectivity index (χ4n) is 1.79. The first-order valence-electron chi connectivity index (χ1n) is 5.38. The van der Waals surface area contributed by atoms with Crippen LogP contribution in [-0.2, 0) is 9.84 Å². The Morgan fingerprint density at radius 2 is 2.00 bits per heavy atom. The summed E-state index contributed by atoms with van der Waals surface area (Å²) in [4.78, 5) is 14.9. The highest BCUT2D eigenvalue weighted by Crippen LogP contribution is 2.35. The number of nitrogens with zero attached hydrogens (tertiary/aromatic N) is 1. The van der Waals surface area contributed by atoms with Crippen LogP contribution >= 0.6 is 0 Å². The summed E-state index contributed by atoms with van der Waals surface area (Å²) in [7, 11) is -3.49. The van der Waals surface area contributed by atoms with E-state index in [0.29, 0.717) is 5.56 Å². The largest absolute Gasteiger partial charge is 0.276 e. The summed E-state index contributed by atoms with van der Waals surface area (Å²) in [6.45, 7) is 6.41. The van der Waals surface area contributed by atoms with Gasteiger partial charge in [-0.1, -0.05) is 18.2 Å². The quantitative estimate of drug-likeness (QED) is 0.729. The molecule has 0 spiro atoms. The van der Waals surface area contributed by atoms with Crippen molar-refractivity contribution in [3.8, 4) is 0 Å². The monoisotopic (exact) mass is 263 g/mol. The van der Waals surface area contributed by atoms with Crippen molar-refractivity contribution in [1.82, 2.24) is 0 Å². The van der Waals surface area contributed by atoms with Crippen LogP contribution in [0.25, 0.3) is 6.08 Å². The number of amides is 1. The maximum atomic E-state index is 12.4. The predicted octanol–water partition coefficient (Wildman–Crippen LogP) is 2.11. The Morgan fingerprint density at radius 1 is 1.33 bits per heavy atom. The average molecular weight is 263 g/mol. The minimum absolute atomic E-state index is 0.171. The Balaban J connectivity index is 2.71. The molecule has 1 aliphatic rings. The third-order valence-electron chi connectivity index (χ3n) is 3.05. The van der Waals surface area contributed by atoms with Crippen LogP contribution in [0.2, 0.25) is 0 Å². The molecule has 5 heteroatoms. The Bertz CT molecular complexity index is 669. The summed E-state index contributed by atoms with van der Waals surface area (Å²) >= 11 is 0.